The fourth-order valence-corrected chi connectivity index (χ4v) is 4.94. The smallest absolute Gasteiger partial charge is 0.245 e. The number of halogens is 3. The highest BCUT2D eigenvalue weighted by Crippen LogP contribution is 2.30. The molecule has 0 aromatic heterocycles. The van der Waals surface area contributed by atoms with Crippen LogP contribution in [0.25, 0.3) is 0 Å². The number of anilines is 1. The summed E-state index contributed by atoms with van der Waals surface area (Å²) in [6.07, 6.45) is 0.0902. The second kappa shape index (κ2) is 10.6. The fourth-order valence-electron chi connectivity index (χ4n) is 2.97. The first-order valence-electron chi connectivity index (χ1n) is 9.36. The van der Waals surface area contributed by atoms with Crippen LogP contribution >= 0.6 is 34.8 Å². The Kier molecular flexibility index (Phi) is 8.03. The molecule has 3 aromatic rings. The summed E-state index contributed by atoms with van der Waals surface area (Å²) in [6, 6.07) is 16.8. The van der Waals surface area contributed by atoms with Crippen LogP contribution in [-0.2, 0) is 21.2 Å². The molecule has 0 radical (unpaired) electrons. The van der Waals surface area contributed by atoms with E-state index in [1.807, 2.05) is 6.07 Å². The third-order valence-electron chi connectivity index (χ3n) is 4.52. The first-order chi connectivity index (χ1) is 15.2. The number of carbonyl (C=O) groups is 1. The van der Waals surface area contributed by atoms with Gasteiger partial charge in [0.15, 0.2) is 0 Å². The third kappa shape index (κ3) is 5.94. The molecule has 2 N–H and O–H groups in total. The van der Waals surface area contributed by atoms with E-state index in [2.05, 4.69) is 10.0 Å². The summed E-state index contributed by atoms with van der Waals surface area (Å²) < 4.78 is 34.0. The van der Waals surface area contributed by atoms with Crippen molar-refractivity contribution in [3.63, 3.8) is 0 Å². The Morgan fingerprint density at radius 1 is 1.00 bits per heavy atom. The predicted octanol–water partition coefficient (Wildman–Crippen LogP) is 5.18. The maximum Gasteiger partial charge on any atom is 0.245 e. The first kappa shape index (κ1) is 24.4. The van der Waals surface area contributed by atoms with Gasteiger partial charge in [-0.1, -0.05) is 71.2 Å². The molecular weight excluding hydrogens is 495 g/mol. The van der Waals surface area contributed by atoms with Gasteiger partial charge in [-0.3, -0.25) is 4.79 Å². The molecule has 0 saturated carbocycles. The van der Waals surface area contributed by atoms with Gasteiger partial charge in [-0.15, -0.1) is 0 Å². The third-order valence-corrected chi connectivity index (χ3v) is 7.07. The molecular formula is C22H19Cl3N2O4S. The lowest BCUT2D eigenvalue weighted by molar-refractivity contribution is -0.117. The van der Waals surface area contributed by atoms with Crippen molar-refractivity contribution in [2.24, 2.45) is 0 Å². The molecule has 3 aromatic carbocycles. The second-order valence-electron chi connectivity index (χ2n) is 6.75. The van der Waals surface area contributed by atoms with Crippen LogP contribution in [0.15, 0.2) is 71.6 Å². The predicted molar refractivity (Wildman–Crippen MR) is 127 cm³/mol. The number of ether oxygens (including phenoxy) is 1. The lowest BCUT2D eigenvalue weighted by Crippen LogP contribution is -2.45. The Morgan fingerprint density at radius 2 is 1.72 bits per heavy atom. The molecule has 0 aliphatic rings. The van der Waals surface area contributed by atoms with Crippen LogP contribution in [0.3, 0.4) is 0 Å². The monoisotopic (exact) mass is 512 g/mol. The Hall–Kier alpha value is -2.29. The van der Waals surface area contributed by atoms with E-state index in [0.717, 1.165) is 5.56 Å². The van der Waals surface area contributed by atoms with E-state index in [9.17, 15) is 13.2 Å². The number of hydrogen-bond acceptors (Lipinski definition) is 4. The highest BCUT2D eigenvalue weighted by Gasteiger charge is 2.29. The van der Waals surface area contributed by atoms with Gasteiger partial charge in [0.25, 0.3) is 0 Å². The number of carbonyl (C=O) groups excluding carboxylic acids is 1. The summed E-state index contributed by atoms with van der Waals surface area (Å²) >= 11 is 18.2. The molecule has 0 bridgehead atoms. The minimum Gasteiger partial charge on any atom is -0.495 e. The molecule has 10 heteroatoms. The van der Waals surface area contributed by atoms with Gasteiger partial charge in [0.2, 0.25) is 15.9 Å². The van der Waals surface area contributed by atoms with Crippen LogP contribution in [0.2, 0.25) is 15.1 Å². The lowest BCUT2D eigenvalue weighted by atomic mass is 10.1. The van der Waals surface area contributed by atoms with E-state index < -0.39 is 22.0 Å². The lowest BCUT2D eigenvalue weighted by Gasteiger charge is -2.20. The average Bonchev–Trinajstić information content (AvgIpc) is 2.77. The summed E-state index contributed by atoms with van der Waals surface area (Å²) in [5, 5.41) is 3.27. The molecule has 1 atom stereocenters. The summed E-state index contributed by atoms with van der Waals surface area (Å²) in [6.45, 7) is 0. The van der Waals surface area contributed by atoms with Crippen molar-refractivity contribution < 1.29 is 17.9 Å². The zero-order valence-corrected chi connectivity index (χ0v) is 19.9. The largest absolute Gasteiger partial charge is 0.495 e. The number of benzene rings is 3. The SMILES string of the molecule is COc1ccc(Cl)cc1S(=O)(=O)NC(Cc1ccccc1)C(=O)Nc1cccc(Cl)c1Cl. The van der Waals surface area contributed by atoms with Crippen molar-refractivity contribution in [2.75, 3.05) is 12.4 Å². The maximum absolute atomic E-state index is 13.2. The molecule has 6 nitrogen and oxygen atoms in total. The molecule has 0 spiro atoms. The average molecular weight is 514 g/mol. The molecule has 3 rings (SSSR count). The maximum atomic E-state index is 13.2. The van der Waals surface area contributed by atoms with Gasteiger partial charge in [0.1, 0.15) is 16.7 Å². The summed E-state index contributed by atoms with van der Waals surface area (Å²) in [4.78, 5) is 12.9. The normalized spacial score (nSPS) is 12.2. The van der Waals surface area contributed by atoms with Crippen LogP contribution < -0.4 is 14.8 Å². The Morgan fingerprint density at radius 3 is 2.41 bits per heavy atom. The molecule has 0 saturated heterocycles. The number of hydrogen-bond donors (Lipinski definition) is 2. The van der Waals surface area contributed by atoms with E-state index >= 15 is 0 Å². The van der Waals surface area contributed by atoms with Gasteiger partial charge in [-0.05, 0) is 42.3 Å². The van der Waals surface area contributed by atoms with Crippen molar-refractivity contribution in [1.29, 1.82) is 0 Å². The van der Waals surface area contributed by atoms with Crippen LogP contribution in [0, 0.1) is 0 Å². The van der Waals surface area contributed by atoms with Gasteiger partial charge in [0, 0.05) is 5.02 Å². The summed E-state index contributed by atoms with van der Waals surface area (Å²) in [5.41, 5.74) is 1.02. The zero-order valence-electron chi connectivity index (χ0n) is 16.8. The fraction of sp³-hybridized carbons (Fsp3) is 0.136. The minimum absolute atomic E-state index is 0.0902. The van der Waals surface area contributed by atoms with Crippen molar-refractivity contribution in [1.82, 2.24) is 4.72 Å². The van der Waals surface area contributed by atoms with Crippen molar-refractivity contribution in [3.05, 3.63) is 87.4 Å². The molecule has 0 aliphatic heterocycles. The molecule has 0 heterocycles. The Bertz CT molecular complexity index is 1220. The van der Waals surface area contributed by atoms with Crippen LogP contribution in [-0.4, -0.2) is 27.5 Å². The number of nitrogens with one attached hydrogen (secondary N) is 2. The van der Waals surface area contributed by atoms with Crippen molar-refractivity contribution in [2.45, 2.75) is 17.4 Å². The quantitative estimate of drug-likeness (QED) is 0.434. The molecule has 0 aliphatic carbocycles. The molecule has 168 valence electrons. The molecule has 1 amide bonds. The van der Waals surface area contributed by atoms with Gasteiger partial charge in [-0.25, -0.2) is 8.42 Å². The van der Waals surface area contributed by atoms with E-state index in [1.54, 1.807) is 42.5 Å². The van der Waals surface area contributed by atoms with Gasteiger partial charge < -0.3 is 10.1 Å². The standard InChI is InChI=1S/C22H19Cl3N2O4S/c1-31-19-11-10-15(23)13-20(19)32(29,30)27-18(12-14-6-3-2-4-7-14)22(28)26-17-9-5-8-16(24)21(17)25/h2-11,13,18,27H,12H2,1H3,(H,26,28). The number of rotatable bonds is 8. The molecule has 0 fully saturated rings. The molecule has 32 heavy (non-hydrogen) atoms. The van der Waals surface area contributed by atoms with Crippen LogP contribution in [0.4, 0.5) is 5.69 Å². The number of sulfonamides is 1. The summed E-state index contributed by atoms with van der Waals surface area (Å²) in [7, 11) is -2.83. The van der Waals surface area contributed by atoms with Crippen molar-refractivity contribution >= 4 is 56.4 Å². The second-order valence-corrected chi connectivity index (χ2v) is 9.65. The number of amides is 1. The topological polar surface area (TPSA) is 84.5 Å². The van der Waals surface area contributed by atoms with Crippen molar-refractivity contribution in [3.8, 4) is 5.75 Å². The highest BCUT2D eigenvalue weighted by atomic mass is 35.5. The van der Waals surface area contributed by atoms with Gasteiger partial charge in [0.05, 0.1) is 22.8 Å². The van der Waals surface area contributed by atoms with E-state index in [-0.39, 0.29) is 37.8 Å². The van der Waals surface area contributed by atoms with Crippen LogP contribution in [0.1, 0.15) is 5.56 Å². The van der Waals surface area contributed by atoms with Gasteiger partial charge >= 0.3 is 0 Å². The van der Waals surface area contributed by atoms with Crippen LogP contribution in [0.5, 0.6) is 5.75 Å². The zero-order chi connectivity index (χ0) is 23.3. The van der Waals surface area contributed by atoms with E-state index in [1.165, 1.54) is 25.3 Å². The minimum atomic E-state index is -4.18. The summed E-state index contributed by atoms with van der Waals surface area (Å²) in [5.74, 6) is -0.513. The Labute approximate surface area is 201 Å². The molecule has 1 unspecified atom stereocenters. The highest BCUT2D eigenvalue weighted by molar-refractivity contribution is 7.89. The van der Waals surface area contributed by atoms with Gasteiger partial charge in [-0.2, -0.15) is 4.72 Å². The van der Waals surface area contributed by atoms with E-state index in [4.69, 9.17) is 39.5 Å². The number of methoxy groups -OCH3 is 1. The van der Waals surface area contributed by atoms with E-state index in [0.29, 0.717) is 0 Å². The first-order valence-corrected chi connectivity index (χ1v) is 12.0. The Balaban J connectivity index is 1.95.